The van der Waals surface area contributed by atoms with Crippen LogP contribution < -0.4 is 33.7 Å². The third-order valence-electron chi connectivity index (χ3n) is 6.26. The molecule has 3 aromatic carbocycles. The van der Waals surface area contributed by atoms with E-state index in [1.165, 1.54) is 0 Å². The molecule has 0 unspecified atom stereocenters. The Hall–Kier alpha value is -3.74. The van der Waals surface area contributed by atoms with Gasteiger partial charge < -0.3 is 33.7 Å². The molecule has 2 aliphatic rings. The SMILES string of the molecule is COc1ccc(N[C@H]2Oc3cc4c(cc3[C@H](c3cccc(OC)c3OC)[C@H]2C)OCO4)cc1. The van der Waals surface area contributed by atoms with E-state index in [0.717, 1.165) is 34.1 Å². The molecule has 0 aliphatic carbocycles. The Morgan fingerprint density at radius 2 is 1.58 bits per heavy atom. The minimum atomic E-state index is -0.299. The number of fused-ring (bicyclic) bond motifs is 2. The zero-order valence-electron chi connectivity index (χ0n) is 19.1. The molecule has 5 rings (SSSR count). The molecule has 0 aromatic heterocycles. The van der Waals surface area contributed by atoms with Gasteiger partial charge in [0.1, 0.15) is 11.5 Å². The summed E-state index contributed by atoms with van der Waals surface area (Å²) in [7, 11) is 4.97. The van der Waals surface area contributed by atoms with Crippen LogP contribution >= 0.6 is 0 Å². The van der Waals surface area contributed by atoms with E-state index in [4.69, 9.17) is 28.4 Å². The van der Waals surface area contributed by atoms with Crippen LogP contribution in [0.25, 0.3) is 0 Å². The molecule has 3 atom stereocenters. The molecule has 0 radical (unpaired) electrons. The molecule has 7 heteroatoms. The third kappa shape index (κ3) is 3.73. The number of anilines is 1. The molecular weight excluding hydrogens is 422 g/mol. The highest BCUT2D eigenvalue weighted by atomic mass is 16.7. The van der Waals surface area contributed by atoms with Crippen LogP contribution in [-0.2, 0) is 0 Å². The van der Waals surface area contributed by atoms with E-state index in [-0.39, 0.29) is 24.9 Å². The monoisotopic (exact) mass is 449 g/mol. The Morgan fingerprint density at radius 1 is 0.818 bits per heavy atom. The summed E-state index contributed by atoms with van der Waals surface area (Å²) in [5.41, 5.74) is 2.98. The van der Waals surface area contributed by atoms with E-state index in [1.54, 1.807) is 21.3 Å². The molecule has 0 saturated heterocycles. The highest BCUT2D eigenvalue weighted by molar-refractivity contribution is 5.60. The van der Waals surface area contributed by atoms with Crippen LogP contribution in [0.15, 0.2) is 54.6 Å². The lowest BCUT2D eigenvalue weighted by Gasteiger charge is -2.39. The number of ether oxygens (including phenoxy) is 6. The molecule has 7 nitrogen and oxygen atoms in total. The number of nitrogens with one attached hydrogen (secondary N) is 1. The smallest absolute Gasteiger partial charge is 0.231 e. The standard InChI is InChI=1S/C26H27NO6/c1-15-24(18-6-5-7-20(29-3)25(18)30-4)19-12-22-23(32-14-31-22)13-21(19)33-26(15)27-16-8-10-17(28-2)11-9-16/h5-13,15,24,26-27H,14H2,1-4H3/t15-,24+,26+/m1/s1. The maximum Gasteiger partial charge on any atom is 0.231 e. The van der Waals surface area contributed by atoms with Crippen LogP contribution in [0.1, 0.15) is 24.0 Å². The van der Waals surface area contributed by atoms with Crippen molar-refractivity contribution in [3.8, 4) is 34.5 Å². The van der Waals surface area contributed by atoms with Crippen LogP contribution in [0.5, 0.6) is 34.5 Å². The zero-order valence-corrected chi connectivity index (χ0v) is 19.1. The fourth-order valence-corrected chi connectivity index (χ4v) is 4.61. The van der Waals surface area contributed by atoms with Crippen LogP contribution in [0.3, 0.4) is 0 Å². The Labute approximate surface area is 193 Å². The van der Waals surface area contributed by atoms with Gasteiger partial charge in [-0.15, -0.1) is 0 Å². The number of hydrogen-bond acceptors (Lipinski definition) is 7. The van der Waals surface area contributed by atoms with Gasteiger partial charge in [0.05, 0.1) is 21.3 Å². The number of methoxy groups -OCH3 is 3. The molecule has 33 heavy (non-hydrogen) atoms. The van der Waals surface area contributed by atoms with Crippen molar-refractivity contribution in [3.63, 3.8) is 0 Å². The minimum absolute atomic E-state index is 0.0379. The fraction of sp³-hybridized carbons (Fsp3) is 0.308. The van der Waals surface area contributed by atoms with Gasteiger partial charge in [-0.1, -0.05) is 19.1 Å². The average Bonchev–Trinajstić information content (AvgIpc) is 3.30. The maximum atomic E-state index is 6.46. The minimum Gasteiger partial charge on any atom is -0.497 e. The van der Waals surface area contributed by atoms with Gasteiger partial charge in [-0.05, 0) is 36.4 Å². The first-order valence-corrected chi connectivity index (χ1v) is 10.8. The van der Waals surface area contributed by atoms with Gasteiger partial charge in [0, 0.05) is 34.7 Å². The number of para-hydroxylation sites is 1. The predicted molar refractivity (Wildman–Crippen MR) is 124 cm³/mol. The summed E-state index contributed by atoms with van der Waals surface area (Å²) < 4.78 is 34.4. The van der Waals surface area contributed by atoms with Crippen molar-refractivity contribution in [2.24, 2.45) is 5.92 Å². The van der Waals surface area contributed by atoms with Gasteiger partial charge in [0.15, 0.2) is 29.2 Å². The van der Waals surface area contributed by atoms with E-state index in [2.05, 4.69) is 18.3 Å². The summed E-state index contributed by atoms with van der Waals surface area (Å²) in [6.07, 6.45) is -0.299. The Morgan fingerprint density at radius 3 is 2.27 bits per heavy atom. The van der Waals surface area contributed by atoms with Crippen molar-refractivity contribution < 1.29 is 28.4 Å². The first kappa shape index (κ1) is 21.1. The Kier molecular flexibility index (Phi) is 5.54. The quantitative estimate of drug-likeness (QED) is 0.565. The lowest BCUT2D eigenvalue weighted by atomic mass is 9.78. The molecule has 3 aromatic rings. The van der Waals surface area contributed by atoms with Crippen LogP contribution in [-0.4, -0.2) is 34.4 Å². The van der Waals surface area contributed by atoms with Crippen molar-refractivity contribution in [2.75, 3.05) is 33.4 Å². The van der Waals surface area contributed by atoms with Crippen LogP contribution in [0.2, 0.25) is 0 Å². The second-order valence-electron chi connectivity index (χ2n) is 8.07. The highest BCUT2D eigenvalue weighted by Crippen LogP contribution is 2.52. The van der Waals surface area contributed by atoms with E-state index in [0.29, 0.717) is 17.2 Å². The first-order chi connectivity index (χ1) is 16.1. The number of rotatable bonds is 6. The van der Waals surface area contributed by atoms with E-state index in [9.17, 15) is 0 Å². The molecule has 1 N–H and O–H groups in total. The second kappa shape index (κ2) is 8.65. The van der Waals surface area contributed by atoms with E-state index < -0.39 is 0 Å². The van der Waals surface area contributed by atoms with Crippen LogP contribution in [0.4, 0.5) is 5.69 Å². The van der Waals surface area contributed by atoms with E-state index >= 15 is 0 Å². The molecule has 0 bridgehead atoms. The van der Waals surface area contributed by atoms with Gasteiger partial charge in [-0.25, -0.2) is 0 Å². The average molecular weight is 450 g/mol. The summed E-state index contributed by atoms with van der Waals surface area (Å²) in [4.78, 5) is 0. The third-order valence-corrected chi connectivity index (χ3v) is 6.26. The highest BCUT2D eigenvalue weighted by Gasteiger charge is 2.40. The summed E-state index contributed by atoms with van der Waals surface area (Å²) in [6.45, 7) is 2.37. The van der Waals surface area contributed by atoms with Crippen molar-refractivity contribution in [1.29, 1.82) is 0 Å². The number of benzene rings is 3. The topological polar surface area (TPSA) is 67.4 Å². The lowest BCUT2D eigenvalue weighted by Crippen LogP contribution is -2.40. The van der Waals surface area contributed by atoms with Crippen molar-refractivity contribution >= 4 is 5.69 Å². The molecular formula is C26H27NO6. The van der Waals surface area contributed by atoms with Crippen molar-refractivity contribution in [2.45, 2.75) is 19.1 Å². The van der Waals surface area contributed by atoms with Crippen molar-refractivity contribution in [1.82, 2.24) is 0 Å². The predicted octanol–water partition coefficient (Wildman–Crippen LogP) is 5.04. The first-order valence-electron chi connectivity index (χ1n) is 10.8. The zero-order chi connectivity index (χ0) is 22.9. The second-order valence-corrected chi connectivity index (χ2v) is 8.07. The number of hydrogen-bond donors (Lipinski definition) is 1. The van der Waals surface area contributed by atoms with E-state index in [1.807, 2.05) is 48.5 Å². The van der Waals surface area contributed by atoms with Gasteiger partial charge in [0.25, 0.3) is 0 Å². The summed E-state index contributed by atoms with van der Waals surface area (Å²) in [5, 5.41) is 3.53. The molecule has 0 fully saturated rings. The maximum absolute atomic E-state index is 6.46. The fourth-order valence-electron chi connectivity index (χ4n) is 4.61. The lowest BCUT2D eigenvalue weighted by molar-refractivity contribution is 0.133. The molecule has 0 saturated carbocycles. The van der Waals surface area contributed by atoms with Gasteiger partial charge >= 0.3 is 0 Å². The summed E-state index contributed by atoms with van der Waals surface area (Å²) in [6, 6.07) is 17.7. The van der Waals surface area contributed by atoms with Crippen molar-refractivity contribution in [3.05, 3.63) is 65.7 Å². The molecule has 172 valence electrons. The largest absolute Gasteiger partial charge is 0.497 e. The summed E-state index contributed by atoms with van der Waals surface area (Å²) in [5.74, 6) is 4.36. The van der Waals surface area contributed by atoms with Gasteiger partial charge in [-0.2, -0.15) is 0 Å². The van der Waals surface area contributed by atoms with Gasteiger partial charge in [0.2, 0.25) is 6.79 Å². The van der Waals surface area contributed by atoms with Gasteiger partial charge in [-0.3, -0.25) is 0 Å². The van der Waals surface area contributed by atoms with Crippen LogP contribution in [0, 0.1) is 5.92 Å². The molecule has 0 amide bonds. The Bertz CT molecular complexity index is 1150. The normalized spacial score (nSPS) is 20.4. The molecule has 2 heterocycles. The Balaban J connectivity index is 1.59. The molecule has 0 spiro atoms. The summed E-state index contributed by atoms with van der Waals surface area (Å²) >= 11 is 0. The molecule has 2 aliphatic heterocycles.